The van der Waals surface area contributed by atoms with Gasteiger partial charge in [0.2, 0.25) is 0 Å². The second kappa shape index (κ2) is 13.2. The molecule has 1 amide bonds. The third-order valence-corrected chi connectivity index (χ3v) is 4.29. The van der Waals surface area contributed by atoms with Gasteiger partial charge in [-0.05, 0) is 43.5 Å². The van der Waals surface area contributed by atoms with Crippen LogP contribution in [0.5, 0.6) is 5.75 Å². The number of ether oxygens (including phenoxy) is 2. The number of rotatable bonds is 12. The normalized spacial score (nSPS) is 12.3. The predicted octanol–water partition coefficient (Wildman–Crippen LogP) is 2.77. The minimum absolute atomic E-state index is 0.0807. The van der Waals surface area contributed by atoms with Crippen LogP contribution in [-0.2, 0) is 16.1 Å². The summed E-state index contributed by atoms with van der Waals surface area (Å²) in [5.74, 6) is 0.848. The number of primary amides is 1. The van der Waals surface area contributed by atoms with Crippen LogP contribution in [0.4, 0.5) is 0 Å². The molecule has 0 aliphatic carbocycles. The summed E-state index contributed by atoms with van der Waals surface area (Å²) in [7, 11) is 0. The molecule has 0 radical (unpaired) electrons. The molecule has 0 bridgehead atoms. The van der Waals surface area contributed by atoms with Crippen LogP contribution in [0, 0.1) is 0 Å². The minimum Gasteiger partial charge on any atom is -0.484 e. The Morgan fingerprint density at radius 2 is 1.93 bits per heavy atom. The van der Waals surface area contributed by atoms with Gasteiger partial charge >= 0.3 is 0 Å². The monoisotopic (exact) mass is 412 g/mol. The number of nitrogens with zero attached hydrogens (tertiary/aromatic N) is 1. The van der Waals surface area contributed by atoms with E-state index in [-0.39, 0.29) is 12.7 Å². The number of benzene rings is 2. The predicted molar refractivity (Wildman–Crippen MR) is 119 cm³/mol. The van der Waals surface area contributed by atoms with E-state index in [2.05, 4.69) is 34.7 Å². The van der Waals surface area contributed by atoms with E-state index in [1.165, 1.54) is 5.56 Å². The minimum atomic E-state index is -0.501. The summed E-state index contributed by atoms with van der Waals surface area (Å²) in [5, 5.41) is 6.56. The highest BCUT2D eigenvalue weighted by atomic mass is 16.5. The van der Waals surface area contributed by atoms with Crippen LogP contribution in [0.3, 0.4) is 0 Å². The van der Waals surface area contributed by atoms with Gasteiger partial charge in [0.05, 0.1) is 12.6 Å². The molecular weight excluding hydrogens is 380 g/mol. The largest absolute Gasteiger partial charge is 0.484 e. The fourth-order valence-electron chi connectivity index (χ4n) is 2.76. The van der Waals surface area contributed by atoms with Crippen LogP contribution >= 0.6 is 0 Å². The van der Waals surface area contributed by atoms with Gasteiger partial charge in [-0.1, -0.05) is 42.5 Å². The van der Waals surface area contributed by atoms with Crippen molar-refractivity contribution in [2.45, 2.75) is 32.9 Å². The fraction of sp³-hybridized carbons (Fsp3) is 0.391. The lowest BCUT2D eigenvalue weighted by Gasteiger charge is -2.15. The zero-order chi connectivity index (χ0) is 21.6. The van der Waals surface area contributed by atoms with Crippen molar-refractivity contribution in [3.8, 4) is 5.75 Å². The van der Waals surface area contributed by atoms with Gasteiger partial charge in [0.1, 0.15) is 5.75 Å². The highest BCUT2D eigenvalue weighted by molar-refractivity contribution is 5.79. The highest BCUT2D eigenvalue weighted by Crippen LogP contribution is 2.16. The van der Waals surface area contributed by atoms with Gasteiger partial charge in [-0.15, -0.1) is 0 Å². The van der Waals surface area contributed by atoms with Gasteiger partial charge in [-0.25, -0.2) is 4.99 Å². The molecule has 4 N–H and O–H groups in total. The van der Waals surface area contributed by atoms with E-state index in [0.29, 0.717) is 18.9 Å². The maximum absolute atomic E-state index is 10.9. The Balaban J connectivity index is 1.76. The van der Waals surface area contributed by atoms with Gasteiger partial charge in [-0.3, -0.25) is 4.79 Å². The average molecular weight is 413 g/mol. The van der Waals surface area contributed by atoms with Crippen LogP contribution in [0.25, 0.3) is 0 Å². The van der Waals surface area contributed by atoms with Crippen molar-refractivity contribution in [1.29, 1.82) is 0 Å². The van der Waals surface area contributed by atoms with Crippen LogP contribution in [0.2, 0.25) is 0 Å². The van der Waals surface area contributed by atoms with E-state index in [9.17, 15) is 4.79 Å². The number of hydrogen-bond donors (Lipinski definition) is 3. The second-order valence-corrected chi connectivity index (χ2v) is 6.80. The van der Waals surface area contributed by atoms with Gasteiger partial charge in [0.15, 0.2) is 12.6 Å². The van der Waals surface area contributed by atoms with Gasteiger partial charge < -0.3 is 25.8 Å². The summed E-state index contributed by atoms with van der Waals surface area (Å²) in [6.45, 7) is 6.65. The van der Waals surface area contributed by atoms with E-state index in [1.54, 1.807) is 6.07 Å². The van der Waals surface area contributed by atoms with Crippen molar-refractivity contribution in [3.63, 3.8) is 0 Å². The Bertz CT molecular complexity index is 796. The Kier molecular flexibility index (Phi) is 10.2. The lowest BCUT2D eigenvalue weighted by Crippen LogP contribution is -2.38. The van der Waals surface area contributed by atoms with Crippen molar-refractivity contribution in [2.75, 3.05) is 26.3 Å². The molecule has 1 atom stereocenters. The van der Waals surface area contributed by atoms with Crippen molar-refractivity contribution >= 4 is 11.9 Å². The lowest BCUT2D eigenvalue weighted by atomic mass is 10.1. The van der Waals surface area contributed by atoms with Crippen molar-refractivity contribution in [2.24, 2.45) is 10.7 Å². The van der Waals surface area contributed by atoms with Gasteiger partial charge in [0, 0.05) is 19.7 Å². The first kappa shape index (κ1) is 23.2. The molecule has 2 aromatic carbocycles. The zero-order valence-corrected chi connectivity index (χ0v) is 17.8. The molecule has 0 saturated heterocycles. The molecule has 0 aliphatic rings. The standard InChI is InChI=1S/C23H32N4O3/c1-3-25-23(26-13-8-14-29-18(2)20-10-5-4-6-11-20)27-16-19-9-7-12-21(15-19)30-17-22(24)28/h4-7,9-12,15,18H,3,8,13-14,16-17H2,1-2H3,(H2,24,28)(H2,25,26,27). The third-order valence-electron chi connectivity index (χ3n) is 4.29. The maximum Gasteiger partial charge on any atom is 0.255 e. The second-order valence-electron chi connectivity index (χ2n) is 6.80. The van der Waals surface area contributed by atoms with Crippen molar-refractivity contribution in [1.82, 2.24) is 10.6 Å². The number of carbonyl (C=O) groups excluding carboxylic acids is 1. The Morgan fingerprint density at radius 1 is 1.13 bits per heavy atom. The number of guanidine groups is 1. The van der Waals surface area contributed by atoms with Crippen LogP contribution in [0.1, 0.15) is 37.5 Å². The number of nitrogens with two attached hydrogens (primary N) is 1. The first-order chi connectivity index (χ1) is 14.6. The summed E-state index contributed by atoms with van der Waals surface area (Å²) < 4.78 is 11.2. The first-order valence-corrected chi connectivity index (χ1v) is 10.3. The molecule has 162 valence electrons. The van der Waals surface area contributed by atoms with Gasteiger partial charge in [-0.2, -0.15) is 0 Å². The van der Waals surface area contributed by atoms with E-state index in [0.717, 1.165) is 31.0 Å². The SMILES string of the molecule is CCNC(=NCc1cccc(OCC(N)=O)c1)NCCCOC(C)c1ccccc1. The molecule has 7 nitrogen and oxygen atoms in total. The molecule has 7 heteroatoms. The zero-order valence-electron chi connectivity index (χ0n) is 17.8. The summed E-state index contributed by atoms with van der Waals surface area (Å²) in [5.41, 5.74) is 7.28. The quantitative estimate of drug-likeness (QED) is 0.283. The summed E-state index contributed by atoms with van der Waals surface area (Å²) in [6.07, 6.45) is 0.954. The van der Waals surface area contributed by atoms with Crippen LogP contribution < -0.4 is 21.1 Å². The molecule has 30 heavy (non-hydrogen) atoms. The molecule has 0 aliphatic heterocycles. The van der Waals surface area contributed by atoms with E-state index in [1.807, 2.05) is 43.3 Å². The number of amides is 1. The van der Waals surface area contributed by atoms with E-state index < -0.39 is 5.91 Å². The molecule has 0 heterocycles. The number of carbonyl (C=O) groups is 1. The Hall–Kier alpha value is -3.06. The van der Waals surface area contributed by atoms with E-state index >= 15 is 0 Å². The third kappa shape index (κ3) is 8.96. The topological polar surface area (TPSA) is 98.0 Å². The van der Waals surface area contributed by atoms with Crippen LogP contribution in [-0.4, -0.2) is 38.2 Å². The average Bonchev–Trinajstić information content (AvgIpc) is 2.76. The molecule has 1 unspecified atom stereocenters. The molecule has 0 spiro atoms. The smallest absolute Gasteiger partial charge is 0.255 e. The summed E-state index contributed by atoms with van der Waals surface area (Å²) >= 11 is 0. The highest BCUT2D eigenvalue weighted by Gasteiger charge is 2.05. The Labute approximate surface area is 178 Å². The number of hydrogen-bond acceptors (Lipinski definition) is 4. The lowest BCUT2D eigenvalue weighted by molar-refractivity contribution is -0.119. The maximum atomic E-state index is 10.9. The molecule has 2 aromatic rings. The molecular formula is C23H32N4O3. The first-order valence-electron chi connectivity index (χ1n) is 10.3. The van der Waals surface area contributed by atoms with Crippen LogP contribution in [0.15, 0.2) is 59.6 Å². The number of nitrogens with one attached hydrogen (secondary N) is 2. The van der Waals surface area contributed by atoms with E-state index in [4.69, 9.17) is 15.2 Å². The molecule has 0 aromatic heterocycles. The molecule has 0 saturated carbocycles. The van der Waals surface area contributed by atoms with Crippen molar-refractivity contribution < 1.29 is 14.3 Å². The Morgan fingerprint density at radius 3 is 2.67 bits per heavy atom. The fourth-order valence-corrected chi connectivity index (χ4v) is 2.76. The molecule has 0 fully saturated rings. The number of aliphatic imine (C=N–C) groups is 1. The van der Waals surface area contributed by atoms with Crippen molar-refractivity contribution in [3.05, 3.63) is 65.7 Å². The molecule has 2 rings (SSSR count). The summed E-state index contributed by atoms with van der Waals surface area (Å²) in [6, 6.07) is 17.7. The van der Waals surface area contributed by atoms with Gasteiger partial charge in [0.25, 0.3) is 5.91 Å². The summed E-state index contributed by atoms with van der Waals surface area (Å²) in [4.78, 5) is 15.5.